The van der Waals surface area contributed by atoms with Gasteiger partial charge in [0.2, 0.25) is 0 Å². The molecule has 0 aliphatic carbocycles. The first-order chi connectivity index (χ1) is 19.2. The number of rotatable bonds is 29. The van der Waals surface area contributed by atoms with Crippen molar-refractivity contribution in [3.05, 3.63) is 23.8 Å². The molecule has 1 aromatic rings. The van der Waals surface area contributed by atoms with Crippen LogP contribution in [0.1, 0.15) is 162 Å². The summed E-state index contributed by atoms with van der Waals surface area (Å²) < 4.78 is 12.5. The number of hydrogen-bond acceptors (Lipinski definition) is 3. The molecule has 1 N–H and O–H groups in total. The molecule has 1 unspecified atom stereocenters. The van der Waals surface area contributed by atoms with E-state index < -0.39 is 0 Å². The summed E-state index contributed by atoms with van der Waals surface area (Å²) in [5, 5.41) is 3.51. The van der Waals surface area contributed by atoms with E-state index in [0.29, 0.717) is 12.5 Å². The quantitative estimate of drug-likeness (QED) is 0.102. The Kier molecular flexibility index (Phi) is 24.8. The van der Waals surface area contributed by atoms with Gasteiger partial charge < -0.3 is 14.8 Å². The molecule has 0 amide bonds. The zero-order chi connectivity index (χ0) is 28.2. The van der Waals surface area contributed by atoms with Gasteiger partial charge in [0, 0.05) is 12.6 Å². The molecule has 0 radical (unpaired) electrons. The molecule has 0 aliphatic heterocycles. The second-order valence-corrected chi connectivity index (χ2v) is 11.8. The van der Waals surface area contributed by atoms with E-state index in [9.17, 15) is 0 Å². The van der Waals surface area contributed by atoms with Crippen molar-refractivity contribution < 1.29 is 9.47 Å². The zero-order valence-electron chi connectivity index (χ0n) is 26.8. The molecule has 0 spiro atoms. The van der Waals surface area contributed by atoms with Gasteiger partial charge >= 0.3 is 0 Å². The molecule has 3 heteroatoms. The maximum atomic E-state index is 6.33. The van der Waals surface area contributed by atoms with Crippen LogP contribution >= 0.6 is 0 Å². The molecule has 0 saturated heterocycles. The highest BCUT2D eigenvalue weighted by molar-refractivity contribution is 5.38. The van der Waals surface area contributed by atoms with Crippen LogP contribution in [-0.2, 0) is 6.42 Å². The van der Waals surface area contributed by atoms with Crippen LogP contribution in [-0.4, -0.2) is 26.3 Å². The molecule has 3 nitrogen and oxygen atoms in total. The van der Waals surface area contributed by atoms with Gasteiger partial charge in [-0.25, -0.2) is 0 Å². The number of ether oxygens (including phenoxy) is 2. The van der Waals surface area contributed by atoms with Crippen molar-refractivity contribution in [1.82, 2.24) is 5.32 Å². The van der Waals surface area contributed by atoms with Crippen LogP contribution in [0.4, 0.5) is 0 Å². The third kappa shape index (κ3) is 21.2. The summed E-state index contributed by atoms with van der Waals surface area (Å²) in [6.07, 6.45) is 28.1. The highest BCUT2D eigenvalue weighted by Crippen LogP contribution is 2.26. The molecule has 0 fully saturated rings. The lowest BCUT2D eigenvalue weighted by Crippen LogP contribution is -2.22. The van der Waals surface area contributed by atoms with Crippen molar-refractivity contribution in [2.24, 2.45) is 5.92 Å². The van der Waals surface area contributed by atoms with Gasteiger partial charge in [-0.15, -0.1) is 0 Å². The first kappa shape index (κ1) is 35.8. The standard InChI is InChI=1S/C36H67NO2/c1-5-9-12-13-14-15-16-17-18-19-20-21-22-25-34-29-35(38-28-27-37-26-23-10-6-2)31-36(30-34)39-32-33(8-4)24-11-7-3/h29-31,33,37H,5-28,32H2,1-4H3. The number of nitrogens with one attached hydrogen (secondary N) is 1. The van der Waals surface area contributed by atoms with E-state index in [0.717, 1.165) is 37.6 Å². The van der Waals surface area contributed by atoms with E-state index in [2.05, 4.69) is 51.2 Å². The molecule has 228 valence electrons. The minimum absolute atomic E-state index is 0.645. The van der Waals surface area contributed by atoms with Crippen molar-refractivity contribution in [3.8, 4) is 11.5 Å². The molecular weight excluding hydrogens is 478 g/mol. The number of benzene rings is 1. The van der Waals surface area contributed by atoms with Crippen LogP contribution < -0.4 is 14.8 Å². The fourth-order valence-electron chi connectivity index (χ4n) is 5.27. The highest BCUT2D eigenvalue weighted by Gasteiger charge is 2.09. The molecular formula is C36H67NO2. The van der Waals surface area contributed by atoms with E-state index in [1.165, 1.54) is 134 Å². The van der Waals surface area contributed by atoms with Crippen molar-refractivity contribution in [2.75, 3.05) is 26.3 Å². The summed E-state index contributed by atoms with van der Waals surface area (Å²) in [5.74, 6) is 2.60. The van der Waals surface area contributed by atoms with Crippen molar-refractivity contribution >= 4 is 0 Å². The molecule has 39 heavy (non-hydrogen) atoms. The lowest BCUT2D eigenvalue weighted by Gasteiger charge is -2.17. The highest BCUT2D eigenvalue weighted by atomic mass is 16.5. The monoisotopic (exact) mass is 546 g/mol. The number of aryl methyl sites for hydroxylation is 1. The molecule has 0 aliphatic rings. The fourth-order valence-corrected chi connectivity index (χ4v) is 5.27. The molecule has 0 saturated carbocycles. The SMILES string of the molecule is CCCCCCCCCCCCCCCc1cc(OCCNCCCCC)cc(OCC(CC)CCCC)c1. The van der Waals surface area contributed by atoms with E-state index >= 15 is 0 Å². The molecule has 1 rings (SSSR count). The maximum absolute atomic E-state index is 6.33. The molecule has 1 atom stereocenters. The van der Waals surface area contributed by atoms with Gasteiger partial charge in [-0.1, -0.05) is 137 Å². The van der Waals surface area contributed by atoms with Gasteiger partial charge in [0.15, 0.2) is 0 Å². The van der Waals surface area contributed by atoms with E-state index in [1.54, 1.807) is 0 Å². The zero-order valence-corrected chi connectivity index (χ0v) is 26.8. The van der Waals surface area contributed by atoms with Crippen LogP contribution in [0.25, 0.3) is 0 Å². The van der Waals surface area contributed by atoms with Gasteiger partial charge in [-0.3, -0.25) is 0 Å². The van der Waals surface area contributed by atoms with E-state index in [-0.39, 0.29) is 0 Å². The second kappa shape index (κ2) is 27.0. The summed E-state index contributed by atoms with van der Waals surface area (Å²) in [6.45, 7) is 12.6. The maximum Gasteiger partial charge on any atom is 0.123 e. The molecule has 0 heterocycles. The summed E-state index contributed by atoms with van der Waals surface area (Å²) >= 11 is 0. The summed E-state index contributed by atoms with van der Waals surface area (Å²) in [5.41, 5.74) is 1.36. The van der Waals surface area contributed by atoms with Crippen LogP contribution in [0.5, 0.6) is 11.5 Å². The summed E-state index contributed by atoms with van der Waals surface area (Å²) in [6, 6.07) is 6.62. The first-order valence-electron chi connectivity index (χ1n) is 17.3. The van der Waals surface area contributed by atoms with Crippen molar-refractivity contribution in [3.63, 3.8) is 0 Å². The molecule has 0 aromatic heterocycles. The average Bonchev–Trinajstić information content (AvgIpc) is 2.95. The smallest absolute Gasteiger partial charge is 0.123 e. The minimum Gasteiger partial charge on any atom is -0.493 e. The van der Waals surface area contributed by atoms with Gasteiger partial charge in [0.05, 0.1) is 6.61 Å². The van der Waals surface area contributed by atoms with Crippen LogP contribution in [0.15, 0.2) is 18.2 Å². The second-order valence-electron chi connectivity index (χ2n) is 11.8. The van der Waals surface area contributed by atoms with Crippen molar-refractivity contribution in [2.45, 2.75) is 163 Å². The Hall–Kier alpha value is -1.22. The Labute approximate surface area is 244 Å². The third-order valence-corrected chi connectivity index (χ3v) is 8.04. The Balaban J connectivity index is 2.40. The Morgan fingerprint density at radius 1 is 0.564 bits per heavy atom. The molecule has 1 aromatic carbocycles. The Morgan fingerprint density at radius 3 is 1.69 bits per heavy atom. The van der Waals surface area contributed by atoms with Gasteiger partial charge in [0.25, 0.3) is 0 Å². The molecule has 0 bridgehead atoms. The van der Waals surface area contributed by atoms with Gasteiger partial charge in [-0.05, 0) is 55.8 Å². The summed E-state index contributed by atoms with van der Waals surface area (Å²) in [7, 11) is 0. The van der Waals surface area contributed by atoms with Gasteiger partial charge in [0.1, 0.15) is 18.1 Å². The minimum atomic E-state index is 0.645. The predicted octanol–water partition coefficient (Wildman–Crippen LogP) is 11.1. The van der Waals surface area contributed by atoms with E-state index in [1.807, 2.05) is 0 Å². The number of hydrogen-bond donors (Lipinski definition) is 1. The Bertz CT molecular complexity index is 647. The average molecular weight is 546 g/mol. The fraction of sp³-hybridized carbons (Fsp3) is 0.833. The lowest BCUT2D eigenvalue weighted by molar-refractivity contribution is 0.231. The van der Waals surface area contributed by atoms with Gasteiger partial charge in [-0.2, -0.15) is 0 Å². The Morgan fingerprint density at radius 2 is 1.10 bits per heavy atom. The normalized spacial score (nSPS) is 12.1. The first-order valence-corrected chi connectivity index (χ1v) is 17.3. The predicted molar refractivity (Wildman–Crippen MR) is 173 cm³/mol. The lowest BCUT2D eigenvalue weighted by atomic mass is 10.0. The largest absolute Gasteiger partial charge is 0.493 e. The number of unbranched alkanes of at least 4 members (excludes halogenated alkanes) is 15. The van der Waals surface area contributed by atoms with Crippen molar-refractivity contribution in [1.29, 1.82) is 0 Å². The van der Waals surface area contributed by atoms with E-state index in [4.69, 9.17) is 9.47 Å². The third-order valence-electron chi connectivity index (χ3n) is 8.04. The topological polar surface area (TPSA) is 30.5 Å². The van der Waals surface area contributed by atoms with Crippen LogP contribution in [0, 0.1) is 5.92 Å². The van der Waals surface area contributed by atoms with Crippen LogP contribution in [0.2, 0.25) is 0 Å². The summed E-state index contributed by atoms with van der Waals surface area (Å²) in [4.78, 5) is 0. The van der Waals surface area contributed by atoms with Crippen LogP contribution in [0.3, 0.4) is 0 Å².